The van der Waals surface area contributed by atoms with Gasteiger partial charge in [-0.3, -0.25) is 14.6 Å². The van der Waals surface area contributed by atoms with Gasteiger partial charge in [-0.05, 0) is 32.9 Å². The molecule has 0 aliphatic carbocycles. The minimum absolute atomic E-state index is 0. The van der Waals surface area contributed by atoms with Crippen LogP contribution >= 0.6 is 12.4 Å². The first kappa shape index (κ1) is 20.4. The summed E-state index contributed by atoms with van der Waals surface area (Å²) in [6.07, 6.45) is 3.00. The number of carboxylic acids is 1. The van der Waals surface area contributed by atoms with Crippen LogP contribution in [0.4, 0.5) is 0 Å². The highest BCUT2D eigenvalue weighted by atomic mass is 35.5. The molecule has 8 heteroatoms. The minimum atomic E-state index is -0.775. The molecule has 0 saturated carbocycles. The molecule has 1 aromatic carbocycles. The number of hydrogen-bond donors (Lipinski definition) is 1. The van der Waals surface area contributed by atoms with E-state index < -0.39 is 5.97 Å². The van der Waals surface area contributed by atoms with Gasteiger partial charge in [-0.15, -0.1) is 12.4 Å². The SMILES string of the molecule is CN(CC(=O)O)C1CCCN(Cc2nc(-c3ccccc3)no2)CC1.Cl. The fourth-order valence-corrected chi connectivity index (χ4v) is 3.29. The van der Waals surface area contributed by atoms with Crippen LogP contribution < -0.4 is 0 Å². The molecule has 2 aromatic rings. The Balaban J connectivity index is 0.00000243. The number of likely N-dealkylation sites (tertiary alicyclic amines) is 1. The zero-order valence-electron chi connectivity index (χ0n) is 14.9. The lowest BCUT2D eigenvalue weighted by atomic mass is 10.1. The molecule has 1 aliphatic heterocycles. The average molecular weight is 381 g/mol. The third-order valence-corrected chi connectivity index (χ3v) is 4.66. The molecule has 1 aliphatic rings. The molecular formula is C18H25ClN4O3. The number of nitrogens with zero attached hydrogens (tertiary/aromatic N) is 4. The molecule has 1 unspecified atom stereocenters. The van der Waals surface area contributed by atoms with Gasteiger partial charge in [-0.1, -0.05) is 35.5 Å². The number of hydrogen-bond acceptors (Lipinski definition) is 6. The maximum Gasteiger partial charge on any atom is 0.317 e. The highest BCUT2D eigenvalue weighted by molar-refractivity contribution is 5.85. The first-order chi connectivity index (χ1) is 12.1. The molecule has 2 heterocycles. The van der Waals surface area contributed by atoms with Crippen molar-refractivity contribution >= 4 is 18.4 Å². The number of carbonyl (C=O) groups is 1. The van der Waals surface area contributed by atoms with Gasteiger partial charge in [-0.25, -0.2) is 0 Å². The van der Waals surface area contributed by atoms with Gasteiger partial charge in [0.05, 0.1) is 13.1 Å². The highest BCUT2D eigenvalue weighted by Gasteiger charge is 2.22. The summed E-state index contributed by atoms with van der Waals surface area (Å²) in [5.41, 5.74) is 0.948. The number of aliphatic carboxylic acids is 1. The Morgan fingerprint density at radius 1 is 1.31 bits per heavy atom. The Labute approximate surface area is 159 Å². The van der Waals surface area contributed by atoms with Crippen molar-refractivity contribution in [3.63, 3.8) is 0 Å². The van der Waals surface area contributed by atoms with Crippen LogP contribution in [0.15, 0.2) is 34.9 Å². The van der Waals surface area contributed by atoms with Crippen molar-refractivity contribution in [2.75, 3.05) is 26.7 Å². The Morgan fingerprint density at radius 2 is 2.08 bits per heavy atom. The molecule has 1 fully saturated rings. The Bertz CT molecular complexity index is 695. The summed E-state index contributed by atoms with van der Waals surface area (Å²) in [5, 5.41) is 13.0. The predicted octanol–water partition coefficient (Wildman–Crippen LogP) is 2.53. The lowest BCUT2D eigenvalue weighted by Crippen LogP contribution is -2.36. The smallest absolute Gasteiger partial charge is 0.317 e. The van der Waals surface area contributed by atoms with E-state index in [1.165, 1.54) is 0 Å². The summed E-state index contributed by atoms with van der Waals surface area (Å²) < 4.78 is 5.40. The van der Waals surface area contributed by atoms with Gasteiger partial charge < -0.3 is 9.63 Å². The lowest BCUT2D eigenvalue weighted by Gasteiger charge is -2.25. The summed E-state index contributed by atoms with van der Waals surface area (Å²) in [5.74, 6) is 0.462. The molecule has 142 valence electrons. The standard InChI is InChI=1S/C18H24N4O3.ClH/c1-21(13-17(23)24)15-8-5-10-22(11-9-15)12-16-19-18(20-25-16)14-6-3-2-4-7-14;/h2-4,6-7,15H,5,8-13H2,1H3,(H,23,24);1H. The van der Waals surface area contributed by atoms with Crippen LogP contribution in [0, 0.1) is 0 Å². The number of benzene rings is 1. The maximum absolute atomic E-state index is 10.9. The topological polar surface area (TPSA) is 82.7 Å². The van der Waals surface area contributed by atoms with Gasteiger partial charge in [0.25, 0.3) is 0 Å². The van der Waals surface area contributed by atoms with Crippen LogP contribution in [-0.2, 0) is 11.3 Å². The van der Waals surface area contributed by atoms with Crippen LogP contribution in [0.25, 0.3) is 11.4 Å². The first-order valence-electron chi connectivity index (χ1n) is 8.64. The van der Waals surface area contributed by atoms with Gasteiger partial charge in [0.15, 0.2) is 0 Å². The van der Waals surface area contributed by atoms with Crippen molar-refractivity contribution in [1.29, 1.82) is 0 Å². The van der Waals surface area contributed by atoms with Crippen LogP contribution in [-0.4, -0.2) is 63.7 Å². The van der Waals surface area contributed by atoms with E-state index in [0.29, 0.717) is 24.3 Å². The van der Waals surface area contributed by atoms with E-state index >= 15 is 0 Å². The number of likely N-dealkylation sites (N-methyl/N-ethyl adjacent to an activating group) is 1. The molecule has 0 radical (unpaired) electrons. The van der Waals surface area contributed by atoms with E-state index in [2.05, 4.69) is 15.0 Å². The van der Waals surface area contributed by atoms with E-state index in [-0.39, 0.29) is 19.0 Å². The van der Waals surface area contributed by atoms with E-state index in [1.807, 2.05) is 42.3 Å². The molecule has 3 rings (SSSR count). The monoisotopic (exact) mass is 380 g/mol. The second-order valence-corrected chi connectivity index (χ2v) is 6.55. The van der Waals surface area contributed by atoms with E-state index in [4.69, 9.17) is 9.63 Å². The number of rotatable bonds is 6. The zero-order chi connectivity index (χ0) is 17.6. The number of aromatic nitrogens is 2. The van der Waals surface area contributed by atoms with Crippen molar-refractivity contribution in [3.05, 3.63) is 36.2 Å². The summed E-state index contributed by atoms with van der Waals surface area (Å²) in [6, 6.07) is 10.1. The molecule has 0 amide bonds. The molecule has 0 spiro atoms. The van der Waals surface area contributed by atoms with Crippen molar-refractivity contribution < 1.29 is 14.4 Å². The van der Waals surface area contributed by atoms with Crippen molar-refractivity contribution in [2.24, 2.45) is 0 Å². The van der Waals surface area contributed by atoms with Crippen LogP contribution in [0.1, 0.15) is 25.2 Å². The van der Waals surface area contributed by atoms with Crippen LogP contribution in [0.3, 0.4) is 0 Å². The van der Waals surface area contributed by atoms with Crippen molar-refractivity contribution in [3.8, 4) is 11.4 Å². The fourth-order valence-electron chi connectivity index (χ4n) is 3.29. The quantitative estimate of drug-likeness (QED) is 0.824. The van der Waals surface area contributed by atoms with Gasteiger partial charge >= 0.3 is 5.97 Å². The first-order valence-corrected chi connectivity index (χ1v) is 8.64. The van der Waals surface area contributed by atoms with E-state index in [0.717, 1.165) is 37.9 Å². The van der Waals surface area contributed by atoms with Gasteiger partial charge in [0.2, 0.25) is 11.7 Å². The third-order valence-electron chi connectivity index (χ3n) is 4.66. The largest absolute Gasteiger partial charge is 0.480 e. The average Bonchev–Trinajstić information content (AvgIpc) is 2.93. The third kappa shape index (κ3) is 5.52. The van der Waals surface area contributed by atoms with E-state index in [9.17, 15) is 4.79 Å². The molecular weight excluding hydrogens is 356 g/mol. The Kier molecular flexibility index (Phi) is 7.56. The van der Waals surface area contributed by atoms with E-state index in [1.54, 1.807) is 0 Å². The molecule has 1 saturated heterocycles. The van der Waals surface area contributed by atoms with Crippen molar-refractivity contribution in [1.82, 2.24) is 19.9 Å². The number of carboxylic acid groups (broad SMARTS) is 1. The van der Waals surface area contributed by atoms with Crippen molar-refractivity contribution in [2.45, 2.75) is 31.8 Å². The Hall–Kier alpha value is -1.96. The van der Waals surface area contributed by atoms with Gasteiger partial charge in [0, 0.05) is 18.2 Å². The Morgan fingerprint density at radius 3 is 2.81 bits per heavy atom. The lowest BCUT2D eigenvalue weighted by molar-refractivity contribution is -0.138. The molecule has 0 bridgehead atoms. The molecule has 1 atom stereocenters. The molecule has 1 aromatic heterocycles. The number of halogens is 1. The zero-order valence-corrected chi connectivity index (χ0v) is 15.7. The summed E-state index contributed by atoms with van der Waals surface area (Å²) in [7, 11) is 1.89. The van der Waals surface area contributed by atoms with Crippen LogP contribution in [0.5, 0.6) is 0 Å². The molecule has 26 heavy (non-hydrogen) atoms. The normalized spacial score (nSPS) is 18.3. The summed E-state index contributed by atoms with van der Waals surface area (Å²) >= 11 is 0. The highest BCUT2D eigenvalue weighted by Crippen LogP contribution is 2.19. The van der Waals surface area contributed by atoms with Crippen LogP contribution in [0.2, 0.25) is 0 Å². The minimum Gasteiger partial charge on any atom is -0.480 e. The molecule has 1 N–H and O–H groups in total. The summed E-state index contributed by atoms with van der Waals surface area (Å²) in [6.45, 7) is 2.59. The molecule has 7 nitrogen and oxygen atoms in total. The predicted molar refractivity (Wildman–Crippen MR) is 100 cm³/mol. The second-order valence-electron chi connectivity index (χ2n) is 6.55. The second kappa shape index (κ2) is 9.66. The summed E-state index contributed by atoms with van der Waals surface area (Å²) in [4.78, 5) is 19.6. The fraction of sp³-hybridized carbons (Fsp3) is 0.500. The van der Waals surface area contributed by atoms with Gasteiger partial charge in [-0.2, -0.15) is 4.98 Å². The van der Waals surface area contributed by atoms with Gasteiger partial charge in [0.1, 0.15) is 0 Å². The maximum atomic E-state index is 10.9.